The summed E-state index contributed by atoms with van der Waals surface area (Å²) in [4.78, 5) is 20.6. The van der Waals surface area contributed by atoms with E-state index in [-0.39, 0.29) is 15.9 Å². The minimum atomic E-state index is -0.469. The van der Waals surface area contributed by atoms with Gasteiger partial charge >= 0.3 is 0 Å². The first-order valence-electron chi connectivity index (χ1n) is 6.81. The lowest BCUT2D eigenvalue weighted by Crippen LogP contribution is -2.14. The zero-order chi connectivity index (χ0) is 17.1. The Labute approximate surface area is 152 Å². The Kier molecular flexibility index (Phi) is 4.99. The first-order valence-corrected chi connectivity index (χ1v) is 8.44. The van der Waals surface area contributed by atoms with Crippen LogP contribution in [0, 0.1) is 0 Å². The van der Waals surface area contributed by atoms with Crippen molar-refractivity contribution in [3.63, 3.8) is 0 Å². The molecule has 0 unspecified atom stereocenters. The van der Waals surface area contributed by atoms with E-state index in [1.165, 1.54) is 23.5 Å². The molecule has 2 aromatic heterocycles. The van der Waals surface area contributed by atoms with Gasteiger partial charge in [0.25, 0.3) is 5.91 Å². The molecule has 2 heterocycles. The van der Waals surface area contributed by atoms with E-state index in [0.717, 1.165) is 5.56 Å². The van der Waals surface area contributed by atoms with Crippen LogP contribution in [0.15, 0.2) is 41.8 Å². The lowest BCUT2D eigenvalue weighted by atomic mass is 10.1. The number of rotatable bonds is 4. The summed E-state index contributed by atoms with van der Waals surface area (Å²) in [7, 11) is 1.60. The maximum absolute atomic E-state index is 12.3. The molecule has 0 atom stereocenters. The average Bonchev–Trinajstić information content (AvgIpc) is 3.05. The molecule has 0 fully saturated rings. The Morgan fingerprint density at radius 3 is 2.75 bits per heavy atom. The fraction of sp³-hybridized carbons (Fsp3) is 0.0625. The second-order valence-corrected chi connectivity index (χ2v) is 6.31. The van der Waals surface area contributed by atoms with Crippen molar-refractivity contribution in [3.8, 4) is 17.0 Å². The number of carbonyl (C=O) groups is 1. The standard InChI is InChI=1S/C16H11Cl2N3O2S/c1-23-12-5-3-2-4-9(12)11-8-24-16(19-11)21-15(22)14-10(17)6-7-13(18)20-14/h2-8H,1H3,(H,19,21,22). The summed E-state index contributed by atoms with van der Waals surface area (Å²) in [6, 6.07) is 10.6. The number of thiazole rings is 1. The zero-order valence-corrected chi connectivity index (χ0v) is 14.7. The molecule has 0 spiro atoms. The normalized spacial score (nSPS) is 10.5. The number of ether oxygens (including phenoxy) is 1. The largest absolute Gasteiger partial charge is 0.496 e. The van der Waals surface area contributed by atoms with E-state index < -0.39 is 5.91 Å². The molecule has 0 aliphatic rings. The van der Waals surface area contributed by atoms with Crippen LogP contribution in [0.5, 0.6) is 5.75 Å². The summed E-state index contributed by atoms with van der Waals surface area (Å²) in [5.41, 5.74) is 1.60. The fourth-order valence-corrected chi connectivity index (χ4v) is 3.09. The predicted molar refractivity (Wildman–Crippen MR) is 96.3 cm³/mol. The minimum absolute atomic E-state index is 0.0539. The minimum Gasteiger partial charge on any atom is -0.496 e. The predicted octanol–water partition coefficient (Wildman–Crippen LogP) is 4.77. The van der Waals surface area contributed by atoms with E-state index in [1.54, 1.807) is 7.11 Å². The number of para-hydroxylation sites is 1. The molecule has 24 heavy (non-hydrogen) atoms. The fourth-order valence-electron chi connectivity index (χ4n) is 2.05. The molecule has 0 aliphatic carbocycles. The van der Waals surface area contributed by atoms with E-state index in [4.69, 9.17) is 27.9 Å². The molecule has 1 amide bonds. The molecule has 8 heteroatoms. The lowest BCUT2D eigenvalue weighted by molar-refractivity contribution is 0.102. The maximum atomic E-state index is 12.3. The van der Waals surface area contributed by atoms with Crippen molar-refractivity contribution < 1.29 is 9.53 Å². The van der Waals surface area contributed by atoms with Crippen LogP contribution in [-0.2, 0) is 0 Å². The number of halogens is 2. The Balaban J connectivity index is 1.84. The number of methoxy groups -OCH3 is 1. The van der Waals surface area contributed by atoms with Gasteiger partial charge in [0.15, 0.2) is 5.13 Å². The Bertz CT molecular complexity index is 899. The summed E-state index contributed by atoms with van der Waals surface area (Å²) < 4.78 is 5.32. The number of anilines is 1. The molecule has 3 aromatic rings. The van der Waals surface area contributed by atoms with E-state index >= 15 is 0 Å². The van der Waals surface area contributed by atoms with E-state index in [0.29, 0.717) is 16.6 Å². The Hall–Kier alpha value is -2.15. The van der Waals surface area contributed by atoms with Gasteiger partial charge in [-0.25, -0.2) is 9.97 Å². The van der Waals surface area contributed by atoms with Crippen LogP contribution in [0.2, 0.25) is 10.2 Å². The van der Waals surface area contributed by atoms with E-state index in [2.05, 4.69) is 15.3 Å². The van der Waals surface area contributed by atoms with Crippen molar-refractivity contribution in [2.45, 2.75) is 0 Å². The second kappa shape index (κ2) is 7.17. The third-order valence-electron chi connectivity index (χ3n) is 3.13. The first kappa shape index (κ1) is 16.7. The summed E-state index contributed by atoms with van der Waals surface area (Å²) in [6.45, 7) is 0. The van der Waals surface area contributed by atoms with Gasteiger partial charge in [0.05, 0.1) is 17.8 Å². The van der Waals surface area contributed by atoms with Gasteiger partial charge in [-0.2, -0.15) is 0 Å². The van der Waals surface area contributed by atoms with Crippen LogP contribution < -0.4 is 10.1 Å². The number of benzene rings is 1. The van der Waals surface area contributed by atoms with Crippen molar-refractivity contribution in [1.29, 1.82) is 0 Å². The number of hydrogen-bond donors (Lipinski definition) is 1. The highest BCUT2D eigenvalue weighted by atomic mass is 35.5. The van der Waals surface area contributed by atoms with Crippen LogP contribution in [0.25, 0.3) is 11.3 Å². The molecule has 1 aromatic carbocycles. The highest BCUT2D eigenvalue weighted by Crippen LogP contribution is 2.32. The van der Waals surface area contributed by atoms with Gasteiger partial charge in [-0.1, -0.05) is 35.3 Å². The van der Waals surface area contributed by atoms with Gasteiger partial charge in [-0.15, -0.1) is 11.3 Å². The number of pyridine rings is 1. The molecule has 0 saturated carbocycles. The molecular formula is C16H11Cl2N3O2S. The summed E-state index contributed by atoms with van der Waals surface area (Å²) >= 11 is 13.1. The van der Waals surface area contributed by atoms with Crippen LogP contribution in [0.1, 0.15) is 10.5 Å². The third-order valence-corrected chi connectivity index (χ3v) is 4.41. The van der Waals surface area contributed by atoms with Crippen molar-refractivity contribution in [2.24, 2.45) is 0 Å². The van der Waals surface area contributed by atoms with E-state index in [1.807, 2.05) is 29.6 Å². The number of nitrogens with one attached hydrogen (secondary N) is 1. The van der Waals surface area contributed by atoms with Gasteiger partial charge in [0, 0.05) is 10.9 Å². The topological polar surface area (TPSA) is 64.1 Å². The zero-order valence-electron chi connectivity index (χ0n) is 12.4. The number of carbonyl (C=O) groups excluding carboxylic acids is 1. The van der Waals surface area contributed by atoms with Crippen molar-refractivity contribution in [2.75, 3.05) is 12.4 Å². The van der Waals surface area contributed by atoms with Gasteiger partial charge in [0.1, 0.15) is 16.6 Å². The molecule has 0 saturated heterocycles. The number of nitrogens with zero attached hydrogens (tertiary/aromatic N) is 2. The number of amides is 1. The first-order chi connectivity index (χ1) is 11.6. The van der Waals surface area contributed by atoms with E-state index in [9.17, 15) is 4.79 Å². The smallest absolute Gasteiger partial charge is 0.277 e. The molecule has 122 valence electrons. The van der Waals surface area contributed by atoms with Crippen LogP contribution >= 0.6 is 34.5 Å². The molecule has 0 aliphatic heterocycles. The molecule has 5 nitrogen and oxygen atoms in total. The number of aromatic nitrogens is 2. The summed E-state index contributed by atoms with van der Waals surface area (Å²) in [5.74, 6) is 0.239. The van der Waals surface area contributed by atoms with Crippen LogP contribution in [-0.4, -0.2) is 23.0 Å². The molecular weight excluding hydrogens is 369 g/mol. The monoisotopic (exact) mass is 379 g/mol. The second-order valence-electron chi connectivity index (χ2n) is 4.66. The highest BCUT2D eigenvalue weighted by molar-refractivity contribution is 7.14. The molecule has 1 N–H and O–H groups in total. The average molecular weight is 380 g/mol. The summed E-state index contributed by atoms with van der Waals surface area (Å²) in [6.07, 6.45) is 0. The number of hydrogen-bond acceptors (Lipinski definition) is 5. The maximum Gasteiger partial charge on any atom is 0.277 e. The molecule has 3 rings (SSSR count). The highest BCUT2D eigenvalue weighted by Gasteiger charge is 2.16. The quantitative estimate of drug-likeness (QED) is 0.662. The molecule has 0 bridgehead atoms. The van der Waals surface area contributed by atoms with Crippen LogP contribution in [0.4, 0.5) is 5.13 Å². The van der Waals surface area contributed by atoms with Crippen molar-refractivity contribution in [3.05, 3.63) is 57.6 Å². The van der Waals surface area contributed by atoms with Crippen LogP contribution in [0.3, 0.4) is 0 Å². The Morgan fingerprint density at radius 2 is 1.96 bits per heavy atom. The van der Waals surface area contributed by atoms with Gasteiger partial charge < -0.3 is 4.74 Å². The Morgan fingerprint density at radius 1 is 1.17 bits per heavy atom. The van der Waals surface area contributed by atoms with Gasteiger partial charge in [0.2, 0.25) is 0 Å². The van der Waals surface area contributed by atoms with Crippen molar-refractivity contribution >= 4 is 45.6 Å². The van der Waals surface area contributed by atoms with Gasteiger partial charge in [-0.3, -0.25) is 10.1 Å². The third kappa shape index (κ3) is 3.51. The van der Waals surface area contributed by atoms with Gasteiger partial charge in [-0.05, 0) is 24.3 Å². The molecule has 0 radical (unpaired) electrons. The lowest BCUT2D eigenvalue weighted by Gasteiger charge is -2.05. The van der Waals surface area contributed by atoms with Crippen molar-refractivity contribution in [1.82, 2.24) is 9.97 Å². The summed E-state index contributed by atoms with van der Waals surface area (Å²) in [5, 5.41) is 5.35. The SMILES string of the molecule is COc1ccccc1-c1csc(NC(=O)c2nc(Cl)ccc2Cl)n1.